The first-order valence-electron chi connectivity index (χ1n) is 5.48. The zero-order valence-electron chi connectivity index (χ0n) is 9.88. The molecule has 0 aliphatic rings. The molecule has 2 rings (SSSR count). The number of nitrogens with zero attached hydrogens (tertiary/aromatic N) is 1. The van der Waals surface area contributed by atoms with Gasteiger partial charge in [-0.2, -0.15) is 13.2 Å². The second-order valence-electron chi connectivity index (χ2n) is 3.69. The Kier molecular flexibility index (Phi) is 3.71. The van der Waals surface area contributed by atoms with Crippen molar-refractivity contribution in [3.63, 3.8) is 0 Å². The zero-order valence-corrected chi connectivity index (χ0v) is 10.6. The summed E-state index contributed by atoms with van der Waals surface area (Å²) in [5, 5.41) is 5.73. The topological polar surface area (TPSA) is 37.9 Å². The van der Waals surface area contributed by atoms with E-state index in [9.17, 15) is 13.2 Å². The number of halogens is 4. The van der Waals surface area contributed by atoms with Crippen LogP contribution in [0.25, 0.3) is 11.1 Å². The number of aromatic nitrogens is 2. The zero-order chi connectivity index (χ0) is 14.0. The maximum atomic E-state index is 12.9. The molecule has 0 amide bonds. The van der Waals surface area contributed by atoms with E-state index in [1.165, 1.54) is 12.1 Å². The van der Waals surface area contributed by atoms with Crippen molar-refractivity contribution in [2.75, 3.05) is 6.61 Å². The van der Waals surface area contributed by atoms with Gasteiger partial charge in [0.05, 0.1) is 12.2 Å². The smallest absolute Gasteiger partial charge is 0.433 e. The van der Waals surface area contributed by atoms with Crippen LogP contribution in [0.4, 0.5) is 13.2 Å². The molecule has 0 aliphatic carbocycles. The monoisotopic (exact) mass is 290 g/mol. The van der Waals surface area contributed by atoms with Crippen LogP contribution in [0.2, 0.25) is 5.02 Å². The first-order valence-corrected chi connectivity index (χ1v) is 5.86. The summed E-state index contributed by atoms with van der Waals surface area (Å²) in [5.41, 5.74) is -0.905. The summed E-state index contributed by atoms with van der Waals surface area (Å²) >= 11 is 5.95. The fraction of sp³-hybridized carbons (Fsp3) is 0.250. The Bertz CT molecular complexity index is 581. The quantitative estimate of drug-likeness (QED) is 0.922. The Morgan fingerprint density at radius 2 is 2.00 bits per heavy atom. The molecule has 0 unspecified atom stereocenters. The molecular formula is C12H10ClF3N2O. The van der Waals surface area contributed by atoms with Crippen molar-refractivity contribution in [3.8, 4) is 17.0 Å². The van der Waals surface area contributed by atoms with Gasteiger partial charge in [-0.05, 0) is 13.0 Å². The first kappa shape index (κ1) is 13.7. The van der Waals surface area contributed by atoms with Gasteiger partial charge in [-0.3, -0.25) is 5.10 Å². The fourth-order valence-corrected chi connectivity index (χ4v) is 1.92. The van der Waals surface area contributed by atoms with E-state index in [1.807, 2.05) is 5.10 Å². The van der Waals surface area contributed by atoms with Crippen molar-refractivity contribution in [2.45, 2.75) is 13.1 Å². The van der Waals surface area contributed by atoms with Crippen molar-refractivity contribution in [1.29, 1.82) is 0 Å². The molecule has 1 heterocycles. The van der Waals surface area contributed by atoms with Crippen molar-refractivity contribution < 1.29 is 17.9 Å². The van der Waals surface area contributed by atoms with E-state index in [0.717, 1.165) is 0 Å². The minimum Gasteiger partial charge on any atom is -0.476 e. The molecule has 0 radical (unpaired) electrons. The summed E-state index contributed by atoms with van der Waals surface area (Å²) in [7, 11) is 0. The number of hydrogen-bond acceptors (Lipinski definition) is 2. The highest BCUT2D eigenvalue weighted by atomic mass is 35.5. The summed E-state index contributed by atoms with van der Waals surface area (Å²) in [6.45, 7) is 1.87. The molecule has 1 N–H and O–H groups in total. The summed E-state index contributed by atoms with van der Waals surface area (Å²) in [5.74, 6) is -0.108. The van der Waals surface area contributed by atoms with E-state index < -0.39 is 11.9 Å². The minimum atomic E-state index is -4.56. The SMILES string of the molecule is CCOc1n[nH]c(C(F)(F)F)c1-c1ccccc1Cl. The average molecular weight is 291 g/mol. The molecule has 0 aliphatic heterocycles. The molecule has 1 aromatic heterocycles. The summed E-state index contributed by atoms with van der Waals surface area (Å²) in [6.07, 6.45) is -4.56. The molecule has 0 fully saturated rings. The Morgan fingerprint density at radius 3 is 2.58 bits per heavy atom. The summed E-state index contributed by atoms with van der Waals surface area (Å²) in [6, 6.07) is 6.24. The third-order valence-electron chi connectivity index (χ3n) is 2.44. The van der Waals surface area contributed by atoms with Crippen LogP contribution >= 0.6 is 11.6 Å². The van der Waals surface area contributed by atoms with Crippen molar-refractivity contribution >= 4 is 11.6 Å². The van der Waals surface area contributed by atoms with E-state index in [2.05, 4.69) is 5.10 Å². The van der Waals surface area contributed by atoms with E-state index in [4.69, 9.17) is 16.3 Å². The van der Waals surface area contributed by atoms with Gasteiger partial charge in [-0.25, -0.2) is 0 Å². The minimum absolute atomic E-state index is 0.108. The third kappa shape index (κ3) is 2.68. The molecule has 0 saturated heterocycles. The van der Waals surface area contributed by atoms with Crippen molar-refractivity contribution in [2.24, 2.45) is 0 Å². The van der Waals surface area contributed by atoms with Crippen LogP contribution in [0.1, 0.15) is 12.6 Å². The second kappa shape index (κ2) is 5.13. The Balaban J connectivity index is 2.65. The van der Waals surface area contributed by atoms with E-state index in [-0.39, 0.29) is 28.6 Å². The number of rotatable bonds is 3. The summed E-state index contributed by atoms with van der Waals surface area (Å²) in [4.78, 5) is 0. The van der Waals surface area contributed by atoms with Gasteiger partial charge in [0.2, 0.25) is 5.88 Å². The van der Waals surface area contributed by atoms with Crippen LogP contribution < -0.4 is 4.74 Å². The molecular weight excluding hydrogens is 281 g/mol. The maximum Gasteiger partial charge on any atom is 0.433 e. The van der Waals surface area contributed by atoms with Crippen LogP contribution in [0.5, 0.6) is 5.88 Å². The highest BCUT2D eigenvalue weighted by Crippen LogP contribution is 2.42. The highest BCUT2D eigenvalue weighted by Gasteiger charge is 2.38. The van der Waals surface area contributed by atoms with Crippen molar-refractivity contribution in [1.82, 2.24) is 10.2 Å². The molecule has 19 heavy (non-hydrogen) atoms. The second-order valence-corrected chi connectivity index (χ2v) is 4.10. The maximum absolute atomic E-state index is 12.9. The van der Waals surface area contributed by atoms with E-state index >= 15 is 0 Å². The molecule has 1 aromatic carbocycles. The van der Waals surface area contributed by atoms with E-state index in [0.29, 0.717) is 0 Å². The molecule has 3 nitrogen and oxygen atoms in total. The number of alkyl halides is 3. The number of aromatic amines is 1. The molecule has 102 valence electrons. The van der Waals surface area contributed by atoms with Gasteiger partial charge in [0.25, 0.3) is 0 Å². The first-order chi connectivity index (χ1) is 8.95. The Labute approximate surface area is 112 Å². The number of hydrogen-bond donors (Lipinski definition) is 1. The van der Waals surface area contributed by atoms with Gasteiger partial charge in [-0.1, -0.05) is 29.8 Å². The number of H-pyrrole nitrogens is 1. The Morgan fingerprint density at radius 1 is 1.32 bits per heavy atom. The number of nitrogens with one attached hydrogen (secondary N) is 1. The van der Waals surface area contributed by atoms with Gasteiger partial charge in [0, 0.05) is 10.6 Å². The van der Waals surface area contributed by atoms with Gasteiger partial charge < -0.3 is 4.74 Å². The lowest BCUT2D eigenvalue weighted by atomic mass is 10.1. The largest absolute Gasteiger partial charge is 0.476 e. The lowest BCUT2D eigenvalue weighted by Gasteiger charge is -2.10. The van der Waals surface area contributed by atoms with Crippen molar-refractivity contribution in [3.05, 3.63) is 35.0 Å². The number of ether oxygens (including phenoxy) is 1. The fourth-order valence-electron chi connectivity index (χ4n) is 1.69. The predicted octanol–water partition coefficient (Wildman–Crippen LogP) is 4.15. The average Bonchev–Trinajstić information content (AvgIpc) is 2.74. The van der Waals surface area contributed by atoms with E-state index in [1.54, 1.807) is 19.1 Å². The highest BCUT2D eigenvalue weighted by molar-refractivity contribution is 6.33. The van der Waals surface area contributed by atoms with Crippen LogP contribution in [-0.2, 0) is 6.18 Å². The van der Waals surface area contributed by atoms with Crippen LogP contribution in [0.15, 0.2) is 24.3 Å². The third-order valence-corrected chi connectivity index (χ3v) is 2.77. The molecule has 0 atom stereocenters. The van der Waals surface area contributed by atoms with Crippen LogP contribution in [0.3, 0.4) is 0 Å². The van der Waals surface area contributed by atoms with Crippen LogP contribution in [-0.4, -0.2) is 16.8 Å². The molecule has 0 spiro atoms. The van der Waals surface area contributed by atoms with Crippen LogP contribution in [0, 0.1) is 0 Å². The standard InChI is InChI=1S/C12H10ClF3N2O/c1-2-19-11-9(7-5-3-4-6-8(7)13)10(17-18-11)12(14,15)16/h3-6H,2H2,1H3,(H,17,18). The lowest BCUT2D eigenvalue weighted by molar-refractivity contribution is -0.140. The Hall–Kier alpha value is -1.69. The molecule has 0 bridgehead atoms. The van der Waals surface area contributed by atoms with Gasteiger partial charge in [0.1, 0.15) is 0 Å². The summed E-state index contributed by atoms with van der Waals surface area (Å²) < 4.78 is 44.0. The number of benzene rings is 1. The predicted molar refractivity (Wildman–Crippen MR) is 65.2 cm³/mol. The normalized spacial score (nSPS) is 11.6. The van der Waals surface area contributed by atoms with Gasteiger partial charge >= 0.3 is 6.18 Å². The van der Waals surface area contributed by atoms with Gasteiger partial charge in [-0.15, -0.1) is 5.10 Å². The molecule has 7 heteroatoms. The molecule has 0 saturated carbocycles. The molecule has 2 aromatic rings. The lowest BCUT2D eigenvalue weighted by Crippen LogP contribution is -2.07. The van der Waals surface area contributed by atoms with Gasteiger partial charge in [0.15, 0.2) is 5.69 Å².